The van der Waals surface area contributed by atoms with Crippen LogP contribution in [0.4, 0.5) is 11.4 Å². The molecule has 0 aliphatic carbocycles. The molecule has 0 aliphatic heterocycles. The summed E-state index contributed by atoms with van der Waals surface area (Å²) in [5.41, 5.74) is 2.85. The third kappa shape index (κ3) is 5.84. The third-order valence-corrected chi connectivity index (χ3v) is 4.25. The molecule has 3 aromatic rings. The Morgan fingerprint density at radius 3 is 2.45 bits per heavy atom. The van der Waals surface area contributed by atoms with Gasteiger partial charge in [0.05, 0.1) is 19.3 Å². The molecule has 0 heterocycles. The summed E-state index contributed by atoms with van der Waals surface area (Å²) in [6, 6.07) is 24.0. The number of benzene rings is 3. The minimum absolute atomic E-state index is 0.0626. The molecule has 29 heavy (non-hydrogen) atoms. The molecule has 0 unspecified atom stereocenters. The summed E-state index contributed by atoms with van der Waals surface area (Å²) in [6.07, 6.45) is 0. The number of hydrogen-bond acceptors (Lipinski definition) is 4. The lowest BCUT2D eigenvalue weighted by atomic mass is 10.1. The molecule has 0 spiro atoms. The van der Waals surface area contributed by atoms with Crippen LogP contribution in [-0.4, -0.2) is 25.5 Å². The Morgan fingerprint density at radius 2 is 1.66 bits per heavy atom. The van der Waals surface area contributed by atoms with Gasteiger partial charge in [0.2, 0.25) is 5.91 Å². The molecule has 0 saturated heterocycles. The predicted octanol–water partition coefficient (Wildman–Crippen LogP) is 3.68. The smallest absolute Gasteiger partial charge is 0.251 e. The number of rotatable bonds is 8. The predicted molar refractivity (Wildman–Crippen MR) is 114 cm³/mol. The first-order valence-electron chi connectivity index (χ1n) is 9.24. The topological polar surface area (TPSA) is 79.5 Å². The van der Waals surface area contributed by atoms with Crippen molar-refractivity contribution in [1.29, 1.82) is 0 Å². The molecular weight excluding hydrogens is 366 g/mol. The van der Waals surface area contributed by atoms with Crippen molar-refractivity contribution >= 4 is 23.2 Å². The minimum atomic E-state index is -0.214. The van der Waals surface area contributed by atoms with Crippen molar-refractivity contribution in [2.75, 3.05) is 24.3 Å². The van der Waals surface area contributed by atoms with Crippen LogP contribution in [0.1, 0.15) is 15.9 Å². The minimum Gasteiger partial charge on any atom is -0.495 e. The van der Waals surface area contributed by atoms with Gasteiger partial charge in [-0.25, -0.2) is 0 Å². The maximum Gasteiger partial charge on any atom is 0.251 e. The zero-order valence-corrected chi connectivity index (χ0v) is 16.1. The molecule has 6 nitrogen and oxygen atoms in total. The van der Waals surface area contributed by atoms with Crippen LogP contribution in [0.15, 0.2) is 78.9 Å². The van der Waals surface area contributed by atoms with Crippen molar-refractivity contribution in [2.45, 2.75) is 6.54 Å². The van der Waals surface area contributed by atoms with Crippen molar-refractivity contribution in [3.63, 3.8) is 0 Å². The number of carbonyl (C=O) groups excluding carboxylic acids is 2. The summed E-state index contributed by atoms with van der Waals surface area (Å²) in [5.74, 6) is 0.211. The Bertz CT molecular complexity index is 974. The molecule has 2 amide bonds. The number of amides is 2. The maximum atomic E-state index is 12.4. The van der Waals surface area contributed by atoms with Crippen molar-refractivity contribution in [1.82, 2.24) is 5.32 Å². The van der Waals surface area contributed by atoms with E-state index in [0.717, 1.165) is 5.56 Å². The van der Waals surface area contributed by atoms with Crippen molar-refractivity contribution in [3.8, 4) is 5.75 Å². The second-order valence-electron chi connectivity index (χ2n) is 6.35. The molecule has 0 bridgehead atoms. The summed E-state index contributed by atoms with van der Waals surface area (Å²) in [4.78, 5) is 24.6. The van der Waals surface area contributed by atoms with E-state index in [2.05, 4.69) is 16.0 Å². The van der Waals surface area contributed by atoms with E-state index in [1.54, 1.807) is 37.4 Å². The molecule has 3 N–H and O–H groups in total. The van der Waals surface area contributed by atoms with Gasteiger partial charge < -0.3 is 20.7 Å². The van der Waals surface area contributed by atoms with Gasteiger partial charge in [0.15, 0.2) is 0 Å². The monoisotopic (exact) mass is 389 g/mol. The number of para-hydroxylation sites is 2. The Balaban J connectivity index is 1.54. The van der Waals surface area contributed by atoms with Crippen LogP contribution in [0.5, 0.6) is 5.75 Å². The molecule has 6 heteroatoms. The van der Waals surface area contributed by atoms with Crippen LogP contribution in [-0.2, 0) is 11.3 Å². The van der Waals surface area contributed by atoms with E-state index in [1.807, 2.05) is 48.5 Å². The molecule has 3 aromatic carbocycles. The van der Waals surface area contributed by atoms with E-state index in [0.29, 0.717) is 29.2 Å². The summed E-state index contributed by atoms with van der Waals surface area (Å²) < 4.78 is 5.23. The number of methoxy groups -OCH3 is 1. The molecular formula is C23H23N3O3. The van der Waals surface area contributed by atoms with Crippen LogP contribution in [0.3, 0.4) is 0 Å². The van der Waals surface area contributed by atoms with Crippen molar-refractivity contribution < 1.29 is 14.3 Å². The van der Waals surface area contributed by atoms with E-state index >= 15 is 0 Å². The fraction of sp³-hybridized carbons (Fsp3) is 0.130. The number of nitrogens with one attached hydrogen (secondary N) is 3. The summed E-state index contributed by atoms with van der Waals surface area (Å²) >= 11 is 0. The molecule has 0 aliphatic rings. The zero-order chi connectivity index (χ0) is 20.5. The lowest BCUT2D eigenvalue weighted by Gasteiger charge is -2.11. The Morgan fingerprint density at radius 1 is 0.897 bits per heavy atom. The SMILES string of the molecule is COc1ccccc1NC(=O)CNc1cccc(C(=O)NCc2ccccc2)c1. The zero-order valence-electron chi connectivity index (χ0n) is 16.1. The highest BCUT2D eigenvalue weighted by Gasteiger charge is 2.09. The van der Waals surface area contributed by atoms with Gasteiger partial charge in [-0.3, -0.25) is 9.59 Å². The van der Waals surface area contributed by atoms with Crippen LogP contribution in [0.25, 0.3) is 0 Å². The van der Waals surface area contributed by atoms with Crippen LogP contribution >= 0.6 is 0 Å². The molecule has 0 aromatic heterocycles. The molecule has 0 saturated carbocycles. The van der Waals surface area contributed by atoms with Gasteiger partial charge in [-0.2, -0.15) is 0 Å². The molecule has 0 fully saturated rings. The normalized spacial score (nSPS) is 10.1. The van der Waals surface area contributed by atoms with Gasteiger partial charge in [0.25, 0.3) is 5.91 Å². The average Bonchev–Trinajstić information content (AvgIpc) is 2.77. The molecule has 148 valence electrons. The fourth-order valence-electron chi connectivity index (χ4n) is 2.78. The Hall–Kier alpha value is -3.80. The quantitative estimate of drug-likeness (QED) is 0.549. The first kappa shape index (κ1) is 19.9. The lowest BCUT2D eigenvalue weighted by Crippen LogP contribution is -2.24. The third-order valence-electron chi connectivity index (χ3n) is 4.25. The summed E-state index contributed by atoms with van der Waals surface area (Å²) in [6.45, 7) is 0.520. The second-order valence-corrected chi connectivity index (χ2v) is 6.35. The highest BCUT2D eigenvalue weighted by molar-refractivity contribution is 5.96. The Labute approximate surface area is 169 Å². The maximum absolute atomic E-state index is 12.4. The lowest BCUT2D eigenvalue weighted by molar-refractivity contribution is -0.114. The van der Waals surface area contributed by atoms with Gasteiger partial charge in [0, 0.05) is 17.8 Å². The Kier molecular flexibility index (Phi) is 6.84. The first-order chi connectivity index (χ1) is 14.2. The number of anilines is 2. The molecule has 3 rings (SSSR count). The number of ether oxygens (including phenoxy) is 1. The van der Waals surface area contributed by atoms with E-state index in [9.17, 15) is 9.59 Å². The second kappa shape index (κ2) is 9.94. The molecule has 0 radical (unpaired) electrons. The van der Waals surface area contributed by atoms with Crippen molar-refractivity contribution in [2.24, 2.45) is 0 Å². The van der Waals surface area contributed by atoms with Gasteiger partial charge in [0.1, 0.15) is 5.75 Å². The molecule has 0 atom stereocenters. The van der Waals surface area contributed by atoms with Crippen LogP contribution < -0.4 is 20.7 Å². The van der Waals surface area contributed by atoms with Gasteiger partial charge in [-0.05, 0) is 35.9 Å². The number of hydrogen-bond donors (Lipinski definition) is 3. The van der Waals surface area contributed by atoms with E-state index in [-0.39, 0.29) is 18.4 Å². The fourth-order valence-corrected chi connectivity index (χ4v) is 2.78. The highest BCUT2D eigenvalue weighted by Crippen LogP contribution is 2.22. The van der Waals surface area contributed by atoms with E-state index in [4.69, 9.17) is 4.74 Å². The van der Waals surface area contributed by atoms with Gasteiger partial charge in [-0.15, -0.1) is 0 Å². The summed E-state index contributed by atoms with van der Waals surface area (Å²) in [5, 5.41) is 8.73. The van der Waals surface area contributed by atoms with Gasteiger partial charge >= 0.3 is 0 Å². The van der Waals surface area contributed by atoms with E-state index in [1.165, 1.54) is 0 Å². The highest BCUT2D eigenvalue weighted by atomic mass is 16.5. The summed E-state index contributed by atoms with van der Waals surface area (Å²) in [7, 11) is 1.55. The van der Waals surface area contributed by atoms with Crippen LogP contribution in [0.2, 0.25) is 0 Å². The van der Waals surface area contributed by atoms with Crippen LogP contribution in [0, 0.1) is 0 Å². The first-order valence-corrected chi connectivity index (χ1v) is 9.24. The standard InChI is InChI=1S/C23H23N3O3/c1-29-21-13-6-5-12-20(21)26-22(27)16-24-19-11-7-10-18(14-19)23(28)25-15-17-8-3-2-4-9-17/h2-14,24H,15-16H2,1H3,(H,25,28)(H,26,27). The average molecular weight is 389 g/mol. The van der Waals surface area contributed by atoms with Crippen molar-refractivity contribution in [3.05, 3.63) is 90.0 Å². The largest absolute Gasteiger partial charge is 0.495 e. The number of carbonyl (C=O) groups is 2. The van der Waals surface area contributed by atoms with Gasteiger partial charge in [-0.1, -0.05) is 48.5 Å². The van der Waals surface area contributed by atoms with E-state index < -0.39 is 0 Å².